The Bertz CT molecular complexity index is 474. The lowest BCUT2D eigenvalue weighted by Gasteiger charge is -2.41. The van der Waals surface area contributed by atoms with Gasteiger partial charge in [-0.2, -0.15) is 0 Å². The van der Waals surface area contributed by atoms with Gasteiger partial charge in [0.15, 0.2) is 0 Å². The van der Waals surface area contributed by atoms with Gasteiger partial charge in [-0.15, -0.1) is 0 Å². The molecule has 2 amide bonds. The van der Waals surface area contributed by atoms with Crippen LogP contribution in [0.4, 0.5) is 0 Å². The summed E-state index contributed by atoms with van der Waals surface area (Å²) in [5.74, 6) is 0.563. The Morgan fingerprint density at radius 3 is 1.73 bits per heavy atom. The van der Waals surface area contributed by atoms with Gasteiger partial charge >= 0.3 is 0 Å². The van der Waals surface area contributed by atoms with Crippen LogP contribution in [-0.4, -0.2) is 95.9 Å². The van der Waals surface area contributed by atoms with E-state index in [1.54, 1.807) is 0 Å². The third-order valence-electron chi connectivity index (χ3n) is 6.37. The fourth-order valence-corrected chi connectivity index (χ4v) is 4.73. The van der Waals surface area contributed by atoms with Crippen LogP contribution in [0.15, 0.2) is 0 Å². The number of amides is 2. The summed E-state index contributed by atoms with van der Waals surface area (Å²) in [5, 5.41) is 0. The minimum Gasteiger partial charge on any atom is -0.342 e. The number of hydrogen-bond acceptors (Lipinski definition) is 4. The molecule has 3 heterocycles. The standard InChI is InChI=1S/C20H36N4O2/c1-17-7-6-8-18(2)24(17)20(26)16-22-13-11-21(12-14-22)15-19(25)23-9-4-3-5-10-23/h17-18H,3-16H2,1-2H3. The van der Waals surface area contributed by atoms with Crippen molar-refractivity contribution in [3.8, 4) is 0 Å². The van der Waals surface area contributed by atoms with Crippen LogP contribution in [0.3, 0.4) is 0 Å². The first kappa shape index (κ1) is 19.6. The molecule has 0 aromatic rings. The summed E-state index contributed by atoms with van der Waals surface area (Å²) >= 11 is 0. The number of piperazine rings is 1. The molecule has 148 valence electrons. The zero-order valence-electron chi connectivity index (χ0n) is 16.7. The summed E-state index contributed by atoms with van der Waals surface area (Å²) in [6.45, 7) is 10.8. The zero-order chi connectivity index (χ0) is 18.5. The molecule has 0 spiro atoms. The third kappa shape index (κ3) is 4.97. The van der Waals surface area contributed by atoms with Crippen molar-refractivity contribution < 1.29 is 9.59 Å². The van der Waals surface area contributed by atoms with Gasteiger partial charge in [-0.3, -0.25) is 19.4 Å². The summed E-state index contributed by atoms with van der Waals surface area (Å²) in [6.07, 6.45) is 7.04. The number of nitrogens with zero attached hydrogens (tertiary/aromatic N) is 4. The van der Waals surface area contributed by atoms with Crippen molar-refractivity contribution >= 4 is 11.8 Å². The maximum absolute atomic E-state index is 12.8. The highest BCUT2D eigenvalue weighted by molar-refractivity contribution is 5.79. The number of carbonyl (C=O) groups is 2. The van der Waals surface area contributed by atoms with Gasteiger partial charge < -0.3 is 9.80 Å². The fraction of sp³-hybridized carbons (Fsp3) is 0.900. The average molecular weight is 365 g/mol. The SMILES string of the molecule is CC1CCCC(C)N1C(=O)CN1CCN(CC(=O)N2CCCCC2)CC1. The van der Waals surface area contributed by atoms with Gasteiger partial charge in [0.25, 0.3) is 0 Å². The molecule has 3 aliphatic rings. The first-order valence-electron chi connectivity index (χ1n) is 10.6. The quantitative estimate of drug-likeness (QED) is 0.757. The second-order valence-electron chi connectivity index (χ2n) is 8.42. The molecule has 3 fully saturated rings. The van der Waals surface area contributed by atoms with Gasteiger partial charge in [-0.05, 0) is 52.4 Å². The van der Waals surface area contributed by atoms with E-state index in [4.69, 9.17) is 0 Å². The van der Waals surface area contributed by atoms with Crippen LogP contribution in [0.25, 0.3) is 0 Å². The molecule has 6 heteroatoms. The smallest absolute Gasteiger partial charge is 0.237 e. The number of piperidine rings is 2. The number of carbonyl (C=O) groups excluding carboxylic acids is 2. The molecule has 0 aromatic carbocycles. The van der Waals surface area contributed by atoms with Gasteiger partial charge in [-0.25, -0.2) is 0 Å². The lowest BCUT2D eigenvalue weighted by Crippen LogP contribution is -2.55. The molecule has 3 rings (SSSR count). The second-order valence-corrected chi connectivity index (χ2v) is 8.42. The molecule has 0 aromatic heterocycles. The largest absolute Gasteiger partial charge is 0.342 e. The Morgan fingerprint density at radius 1 is 0.692 bits per heavy atom. The molecule has 0 bridgehead atoms. The van der Waals surface area contributed by atoms with Gasteiger partial charge in [-0.1, -0.05) is 0 Å². The summed E-state index contributed by atoms with van der Waals surface area (Å²) in [6, 6.07) is 0.740. The van der Waals surface area contributed by atoms with Crippen molar-refractivity contribution in [2.75, 3.05) is 52.4 Å². The third-order valence-corrected chi connectivity index (χ3v) is 6.37. The zero-order valence-corrected chi connectivity index (χ0v) is 16.7. The van der Waals surface area contributed by atoms with Gasteiger partial charge in [0.2, 0.25) is 11.8 Å². The minimum absolute atomic E-state index is 0.280. The summed E-state index contributed by atoms with van der Waals surface area (Å²) in [7, 11) is 0. The molecule has 0 radical (unpaired) electrons. The molecule has 3 saturated heterocycles. The second kappa shape index (κ2) is 9.18. The monoisotopic (exact) mass is 364 g/mol. The highest BCUT2D eigenvalue weighted by atomic mass is 16.2. The van der Waals surface area contributed by atoms with Crippen molar-refractivity contribution in [2.45, 2.75) is 64.5 Å². The van der Waals surface area contributed by atoms with Gasteiger partial charge in [0, 0.05) is 51.4 Å². The van der Waals surface area contributed by atoms with E-state index in [1.807, 2.05) is 4.90 Å². The maximum Gasteiger partial charge on any atom is 0.237 e. The number of likely N-dealkylation sites (tertiary alicyclic amines) is 2. The molecule has 0 saturated carbocycles. The Hall–Kier alpha value is -1.14. The fourth-order valence-electron chi connectivity index (χ4n) is 4.73. The number of hydrogen-bond donors (Lipinski definition) is 0. The Morgan fingerprint density at radius 2 is 1.19 bits per heavy atom. The topological polar surface area (TPSA) is 47.1 Å². The van der Waals surface area contributed by atoms with E-state index in [-0.39, 0.29) is 11.8 Å². The van der Waals surface area contributed by atoms with E-state index in [0.29, 0.717) is 25.2 Å². The Kier molecular flexibility index (Phi) is 6.92. The van der Waals surface area contributed by atoms with Gasteiger partial charge in [0.1, 0.15) is 0 Å². The van der Waals surface area contributed by atoms with E-state index >= 15 is 0 Å². The van der Waals surface area contributed by atoms with Crippen molar-refractivity contribution in [1.29, 1.82) is 0 Å². The summed E-state index contributed by atoms with van der Waals surface area (Å²) < 4.78 is 0. The lowest BCUT2D eigenvalue weighted by molar-refractivity contribution is -0.139. The molecule has 2 atom stereocenters. The summed E-state index contributed by atoms with van der Waals surface area (Å²) in [5.41, 5.74) is 0. The average Bonchev–Trinajstić information content (AvgIpc) is 2.64. The van der Waals surface area contributed by atoms with Crippen LogP contribution in [0, 0.1) is 0 Å². The minimum atomic E-state index is 0.280. The van der Waals surface area contributed by atoms with Crippen LogP contribution in [0.2, 0.25) is 0 Å². The Labute approximate surface area is 158 Å². The van der Waals surface area contributed by atoms with E-state index in [9.17, 15) is 9.59 Å². The van der Waals surface area contributed by atoms with Crippen molar-refractivity contribution in [1.82, 2.24) is 19.6 Å². The highest BCUT2D eigenvalue weighted by Crippen LogP contribution is 2.22. The molecule has 3 aliphatic heterocycles. The van der Waals surface area contributed by atoms with Crippen LogP contribution in [0.5, 0.6) is 0 Å². The normalized spacial score (nSPS) is 29.0. The molecule has 0 aliphatic carbocycles. The van der Waals surface area contributed by atoms with Crippen LogP contribution in [0.1, 0.15) is 52.4 Å². The maximum atomic E-state index is 12.8. The van der Waals surface area contributed by atoms with E-state index in [0.717, 1.165) is 65.0 Å². The highest BCUT2D eigenvalue weighted by Gasteiger charge is 2.30. The van der Waals surface area contributed by atoms with Crippen LogP contribution in [-0.2, 0) is 9.59 Å². The molecular weight excluding hydrogens is 328 g/mol. The van der Waals surface area contributed by atoms with Crippen molar-refractivity contribution in [2.24, 2.45) is 0 Å². The van der Waals surface area contributed by atoms with E-state index < -0.39 is 0 Å². The van der Waals surface area contributed by atoms with Crippen molar-refractivity contribution in [3.05, 3.63) is 0 Å². The Balaban J connectivity index is 1.40. The summed E-state index contributed by atoms with van der Waals surface area (Å²) in [4.78, 5) is 33.8. The van der Waals surface area contributed by atoms with Gasteiger partial charge in [0.05, 0.1) is 13.1 Å². The molecule has 26 heavy (non-hydrogen) atoms. The molecular formula is C20H36N4O2. The first-order chi connectivity index (χ1) is 12.5. The predicted molar refractivity (Wildman–Crippen MR) is 103 cm³/mol. The van der Waals surface area contributed by atoms with Crippen LogP contribution < -0.4 is 0 Å². The van der Waals surface area contributed by atoms with Crippen molar-refractivity contribution in [3.63, 3.8) is 0 Å². The molecule has 0 N–H and O–H groups in total. The van der Waals surface area contributed by atoms with Crippen LogP contribution >= 0.6 is 0 Å². The number of rotatable bonds is 4. The lowest BCUT2D eigenvalue weighted by atomic mass is 9.97. The first-order valence-corrected chi connectivity index (χ1v) is 10.6. The molecule has 2 unspecified atom stereocenters. The predicted octanol–water partition coefficient (Wildman–Crippen LogP) is 1.41. The van der Waals surface area contributed by atoms with E-state index in [2.05, 4.69) is 28.5 Å². The van der Waals surface area contributed by atoms with E-state index in [1.165, 1.54) is 12.8 Å². The molecule has 6 nitrogen and oxygen atoms in total.